The molecular formula is C24H27NO6S2. The van der Waals surface area contributed by atoms with Crippen molar-refractivity contribution in [3.05, 3.63) is 59.2 Å². The molecule has 0 aliphatic carbocycles. The summed E-state index contributed by atoms with van der Waals surface area (Å²) in [6.45, 7) is 3.54. The fourth-order valence-corrected chi connectivity index (χ4v) is 6.01. The van der Waals surface area contributed by atoms with E-state index in [1.807, 2.05) is 47.8 Å². The van der Waals surface area contributed by atoms with Gasteiger partial charge in [-0.1, -0.05) is 12.1 Å². The first-order valence-corrected chi connectivity index (χ1v) is 12.8. The van der Waals surface area contributed by atoms with Gasteiger partial charge < -0.3 is 19.5 Å². The summed E-state index contributed by atoms with van der Waals surface area (Å²) in [5, 5.41) is 2.66. The molecule has 2 aromatic rings. The molecule has 1 N–H and O–H groups in total. The number of esters is 2. The Kier molecular flexibility index (Phi) is 9.50. The molecule has 33 heavy (non-hydrogen) atoms. The lowest BCUT2D eigenvalue weighted by molar-refractivity contribution is -0.118. The lowest BCUT2D eigenvalue weighted by Crippen LogP contribution is -2.21. The van der Waals surface area contributed by atoms with Gasteiger partial charge in [0.25, 0.3) is 5.91 Å². The van der Waals surface area contributed by atoms with E-state index < -0.39 is 17.8 Å². The third-order valence-corrected chi connectivity index (χ3v) is 7.60. The molecule has 7 nitrogen and oxygen atoms in total. The first-order valence-electron chi connectivity index (χ1n) is 10.7. The van der Waals surface area contributed by atoms with E-state index in [0.717, 1.165) is 0 Å². The van der Waals surface area contributed by atoms with E-state index in [1.165, 1.54) is 41.7 Å². The lowest BCUT2D eigenvalue weighted by atomic mass is 10.1. The quantitative estimate of drug-likeness (QED) is 0.496. The molecule has 1 aliphatic rings. The van der Waals surface area contributed by atoms with E-state index >= 15 is 0 Å². The molecule has 1 aliphatic heterocycles. The highest BCUT2D eigenvalue weighted by Gasteiger charge is 2.17. The zero-order valence-electron chi connectivity index (χ0n) is 18.6. The summed E-state index contributed by atoms with van der Waals surface area (Å²) < 4.78 is 16.1. The largest absolute Gasteiger partial charge is 0.484 e. The van der Waals surface area contributed by atoms with Crippen LogP contribution in [0.25, 0.3) is 0 Å². The molecule has 176 valence electrons. The fourth-order valence-electron chi connectivity index (χ4n) is 3.11. The van der Waals surface area contributed by atoms with Crippen molar-refractivity contribution in [1.82, 2.24) is 0 Å². The Balaban J connectivity index is 1.62. The number of hydrogen-bond donors (Lipinski definition) is 1. The van der Waals surface area contributed by atoms with Gasteiger partial charge >= 0.3 is 11.9 Å². The van der Waals surface area contributed by atoms with E-state index in [4.69, 9.17) is 14.2 Å². The molecule has 0 aromatic heterocycles. The zero-order valence-corrected chi connectivity index (χ0v) is 20.3. The van der Waals surface area contributed by atoms with E-state index in [2.05, 4.69) is 5.32 Å². The number of carbonyl (C=O) groups excluding carboxylic acids is 3. The minimum absolute atomic E-state index is 0.146. The minimum Gasteiger partial charge on any atom is -0.484 e. The Bertz CT molecular complexity index is 937. The number of benzene rings is 2. The Labute approximate surface area is 201 Å². The van der Waals surface area contributed by atoms with Crippen molar-refractivity contribution >= 4 is 47.1 Å². The molecular weight excluding hydrogens is 462 g/mol. The molecule has 1 saturated heterocycles. The molecule has 1 heterocycles. The predicted molar refractivity (Wildman–Crippen MR) is 131 cm³/mol. The van der Waals surface area contributed by atoms with Gasteiger partial charge in [0, 0.05) is 5.69 Å². The molecule has 0 spiro atoms. The minimum atomic E-state index is -0.593. The Morgan fingerprint density at radius 1 is 0.909 bits per heavy atom. The van der Waals surface area contributed by atoms with Crippen LogP contribution in [0.15, 0.2) is 42.5 Å². The Morgan fingerprint density at radius 3 is 2.03 bits per heavy atom. The summed E-state index contributed by atoms with van der Waals surface area (Å²) in [6.07, 6.45) is 1.24. The third-order valence-electron chi connectivity index (χ3n) is 4.59. The van der Waals surface area contributed by atoms with Gasteiger partial charge in [0.05, 0.1) is 28.9 Å². The summed E-state index contributed by atoms with van der Waals surface area (Å²) in [6, 6.07) is 12.1. The molecule has 0 saturated carbocycles. The highest BCUT2D eigenvalue weighted by atomic mass is 32.2. The number of amides is 1. The van der Waals surface area contributed by atoms with Gasteiger partial charge in [0.15, 0.2) is 6.61 Å². The maximum absolute atomic E-state index is 12.4. The van der Waals surface area contributed by atoms with Gasteiger partial charge in [-0.15, -0.1) is 23.5 Å². The van der Waals surface area contributed by atoms with Crippen LogP contribution in [0.2, 0.25) is 0 Å². The third kappa shape index (κ3) is 7.43. The van der Waals surface area contributed by atoms with Crippen molar-refractivity contribution in [2.24, 2.45) is 0 Å². The highest BCUT2D eigenvalue weighted by molar-refractivity contribution is 8.16. The molecule has 2 aromatic carbocycles. The van der Waals surface area contributed by atoms with Crippen LogP contribution in [0, 0.1) is 0 Å². The summed E-state index contributed by atoms with van der Waals surface area (Å²) in [5.74, 6) is 1.33. The lowest BCUT2D eigenvalue weighted by Gasteiger charge is -2.21. The average molecular weight is 490 g/mol. The normalized spacial score (nSPS) is 13.8. The van der Waals surface area contributed by atoms with Gasteiger partial charge in [-0.05, 0) is 67.7 Å². The fraction of sp³-hybridized carbons (Fsp3) is 0.375. The van der Waals surface area contributed by atoms with Gasteiger partial charge in [-0.25, -0.2) is 9.59 Å². The van der Waals surface area contributed by atoms with Gasteiger partial charge in [-0.3, -0.25) is 4.79 Å². The standard InChI is InChI=1S/C24H27NO6S2/c1-3-29-22(27)17-12-18(23(28)30-4-2)14-19(13-17)25-21(26)15-31-20-8-6-16(7-9-20)24-32-10-5-11-33-24/h6-9,12-14,24H,3-5,10-11,15H2,1-2H3,(H,25,26). The van der Waals surface area contributed by atoms with Crippen LogP contribution >= 0.6 is 23.5 Å². The van der Waals surface area contributed by atoms with Crippen LogP contribution in [0.1, 0.15) is 51.1 Å². The summed E-state index contributed by atoms with van der Waals surface area (Å²) in [5.41, 5.74) is 1.81. The van der Waals surface area contributed by atoms with Crippen molar-refractivity contribution < 1.29 is 28.6 Å². The second kappa shape index (κ2) is 12.6. The monoisotopic (exact) mass is 489 g/mol. The van der Waals surface area contributed by atoms with Crippen LogP contribution in [0.3, 0.4) is 0 Å². The summed E-state index contributed by atoms with van der Waals surface area (Å²) in [4.78, 5) is 36.7. The van der Waals surface area contributed by atoms with Crippen molar-refractivity contribution in [3.8, 4) is 5.75 Å². The zero-order chi connectivity index (χ0) is 23.6. The van der Waals surface area contributed by atoms with E-state index in [-0.39, 0.29) is 36.6 Å². The predicted octanol–water partition coefficient (Wildman–Crippen LogP) is 4.93. The first-order chi connectivity index (χ1) is 16.0. The molecule has 9 heteroatoms. The Hall–Kier alpha value is -2.65. The number of hydrogen-bond acceptors (Lipinski definition) is 8. The maximum Gasteiger partial charge on any atom is 0.338 e. The number of anilines is 1. The first kappa shape index (κ1) is 25.0. The van der Waals surface area contributed by atoms with Gasteiger partial charge in [0.2, 0.25) is 0 Å². The topological polar surface area (TPSA) is 90.9 Å². The second-order valence-electron chi connectivity index (χ2n) is 7.07. The number of ether oxygens (including phenoxy) is 3. The van der Waals surface area contributed by atoms with Crippen molar-refractivity contribution in [2.45, 2.75) is 24.9 Å². The van der Waals surface area contributed by atoms with Gasteiger partial charge in [-0.2, -0.15) is 0 Å². The molecule has 1 amide bonds. The molecule has 0 bridgehead atoms. The van der Waals surface area contributed by atoms with Crippen molar-refractivity contribution in [2.75, 3.05) is 36.6 Å². The van der Waals surface area contributed by atoms with Crippen LogP contribution < -0.4 is 10.1 Å². The average Bonchev–Trinajstić information content (AvgIpc) is 2.84. The maximum atomic E-state index is 12.4. The summed E-state index contributed by atoms with van der Waals surface area (Å²) in [7, 11) is 0. The molecule has 0 unspecified atom stereocenters. The summed E-state index contributed by atoms with van der Waals surface area (Å²) >= 11 is 3.89. The molecule has 1 fully saturated rings. The SMILES string of the molecule is CCOC(=O)c1cc(NC(=O)COc2ccc(C3SCCCS3)cc2)cc(C(=O)OCC)c1. The van der Waals surface area contributed by atoms with Crippen LogP contribution in [0.4, 0.5) is 5.69 Å². The number of carbonyl (C=O) groups is 3. The molecule has 0 radical (unpaired) electrons. The van der Waals surface area contributed by atoms with Crippen molar-refractivity contribution in [1.29, 1.82) is 0 Å². The number of rotatable bonds is 9. The highest BCUT2D eigenvalue weighted by Crippen LogP contribution is 2.43. The molecule has 0 atom stereocenters. The second-order valence-corrected chi connectivity index (χ2v) is 9.80. The van der Waals surface area contributed by atoms with Crippen LogP contribution in [0.5, 0.6) is 5.75 Å². The van der Waals surface area contributed by atoms with Crippen LogP contribution in [-0.4, -0.2) is 49.2 Å². The molecule has 3 rings (SSSR count). The number of nitrogens with one attached hydrogen (secondary N) is 1. The van der Waals surface area contributed by atoms with Crippen molar-refractivity contribution in [3.63, 3.8) is 0 Å². The van der Waals surface area contributed by atoms with E-state index in [9.17, 15) is 14.4 Å². The number of thioether (sulfide) groups is 2. The Morgan fingerprint density at radius 2 is 1.48 bits per heavy atom. The van der Waals surface area contributed by atoms with Crippen LogP contribution in [-0.2, 0) is 14.3 Å². The van der Waals surface area contributed by atoms with E-state index in [1.54, 1.807) is 13.8 Å². The van der Waals surface area contributed by atoms with Gasteiger partial charge in [0.1, 0.15) is 5.75 Å². The smallest absolute Gasteiger partial charge is 0.338 e. The van der Waals surface area contributed by atoms with E-state index in [0.29, 0.717) is 10.3 Å².